The molecule has 3 nitrogen and oxygen atoms in total. The Morgan fingerprint density at radius 1 is 1.15 bits per heavy atom. The number of nitrogens with one attached hydrogen (secondary N) is 1. The fourth-order valence-electron chi connectivity index (χ4n) is 1.62. The first-order valence-corrected chi connectivity index (χ1v) is 7.56. The standard InChI is InChI=1S/C13H7Cl3N2OS/c14-7-4-8(15)12(9(16)5-7)19-11-6-20-13(18-11)10-2-1-3-17-10/h1-6,17H. The Labute approximate surface area is 134 Å². The summed E-state index contributed by atoms with van der Waals surface area (Å²) in [5.74, 6) is 0.784. The lowest BCUT2D eigenvalue weighted by Gasteiger charge is -2.07. The highest BCUT2D eigenvalue weighted by Gasteiger charge is 2.13. The number of ether oxygens (including phenoxy) is 1. The van der Waals surface area contributed by atoms with Gasteiger partial charge < -0.3 is 9.72 Å². The van der Waals surface area contributed by atoms with Crippen LogP contribution < -0.4 is 4.74 Å². The molecule has 1 N–H and O–H groups in total. The fourth-order valence-corrected chi connectivity index (χ4v) is 3.23. The molecule has 2 aromatic heterocycles. The van der Waals surface area contributed by atoms with Crippen molar-refractivity contribution in [3.8, 4) is 22.3 Å². The van der Waals surface area contributed by atoms with E-state index in [1.165, 1.54) is 11.3 Å². The van der Waals surface area contributed by atoms with Crippen molar-refractivity contribution in [2.45, 2.75) is 0 Å². The Bertz CT molecular complexity index is 717. The molecule has 0 aliphatic carbocycles. The van der Waals surface area contributed by atoms with E-state index in [2.05, 4.69) is 9.97 Å². The van der Waals surface area contributed by atoms with Gasteiger partial charge in [-0.1, -0.05) is 34.8 Å². The Morgan fingerprint density at radius 3 is 2.55 bits per heavy atom. The number of thiazole rings is 1. The molecule has 1 aromatic carbocycles. The summed E-state index contributed by atoms with van der Waals surface area (Å²) in [5.41, 5.74) is 0.929. The highest BCUT2D eigenvalue weighted by atomic mass is 35.5. The minimum Gasteiger partial charge on any atom is -0.435 e. The third-order valence-electron chi connectivity index (χ3n) is 2.48. The number of nitrogens with zero attached hydrogens (tertiary/aromatic N) is 1. The molecule has 3 aromatic rings. The summed E-state index contributed by atoms with van der Waals surface area (Å²) in [6.07, 6.45) is 1.84. The maximum atomic E-state index is 6.07. The molecule has 2 heterocycles. The van der Waals surface area contributed by atoms with E-state index in [0.717, 1.165) is 10.7 Å². The Morgan fingerprint density at radius 2 is 1.90 bits per heavy atom. The van der Waals surface area contributed by atoms with Crippen molar-refractivity contribution in [3.05, 3.63) is 50.9 Å². The number of halogens is 3. The predicted molar refractivity (Wildman–Crippen MR) is 83.4 cm³/mol. The summed E-state index contributed by atoms with van der Waals surface area (Å²) in [6, 6.07) is 6.99. The maximum Gasteiger partial charge on any atom is 0.230 e. The number of aromatic nitrogens is 2. The van der Waals surface area contributed by atoms with Crippen LogP contribution in [-0.2, 0) is 0 Å². The molecule has 3 rings (SSSR count). The van der Waals surface area contributed by atoms with Crippen LogP contribution in [0, 0.1) is 0 Å². The van der Waals surface area contributed by atoms with Gasteiger partial charge in [-0.2, -0.15) is 4.98 Å². The molecule has 0 bridgehead atoms. The van der Waals surface area contributed by atoms with Crippen molar-refractivity contribution < 1.29 is 4.74 Å². The number of hydrogen-bond donors (Lipinski definition) is 1. The highest BCUT2D eigenvalue weighted by Crippen LogP contribution is 2.39. The Kier molecular flexibility index (Phi) is 3.89. The molecule has 0 radical (unpaired) electrons. The number of rotatable bonds is 3. The van der Waals surface area contributed by atoms with Gasteiger partial charge in [-0.05, 0) is 24.3 Å². The minimum absolute atomic E-state index is 0.344. The van der Waals surface area contributed by atoms with E-state index in [1.807, 2.05) is 18.3 Å². The lowest BCUT2D eigenvalue weighted by molar-refractivity contribution is 0.467. The van der Waals surface area contributed by atoms with Gasteiger partial charge in [0.1, 0.15) is 5.01 Å². The minimum atomic E-state index is 0.344. The van der Waals surface area contributed by atoms with Gasteiger partial charge in [0, 0.05) is 11.2 Å². The van der Waals surface area contributed by atoms with Crippen LogP contribution in [0.25, 0.3) is 10.7 Å². The van der Waals surface area contributed by atoms with Crippen LogP contribution in [0.4, 0.5) is 0 Å². The van der Waals surface area contributed by atoms with Crippen LogP contribution in [-0.4, -0.2) is 9.97 Å². The van der Waals surface area contributed by atoms with Crippen LogP contribution in [0.2, 0.25) is 15.1 Å². The van der Waals surface area contributed by atoms with Gasteiger partial charge in [-0.15, -0.1) is 11.3 Å². The zero-order chi connectivity index (χ0) is 14.1. The first kappa shape index (κ1) is 13.8. The Balaban J connectivity index is 1.89. The molecule has 102 valence electrons. The highest BCUT2D eigenvalue weighted by molar-refractivity contribution is 7.13. The van der Waals surface area contributed by atoms with E-state index in [9.17, 15) is 0 Å². The molecule has 0 atom stereocenters. The van der Waals surface area contributed by atoms with E-state index in [0.29, 0.717) is 26.7 Å². The molecule has 7 heteroatoms. The third-order valence-corrected chi connectivity index (χ3v) is 4.11. The van der Waals surface area contributed by atoms with Gasteiger partial charge in [0.2, 0.25) is 5.88 Å². The molecule has 0 fully saturated rings. The van der Waals surface area contributed by atoms with Gasteiger partial charge in [-0.3, -0.25) is 0 Å². The Hall–Kier alpha value is -1.20. The summed E-state index contributed by atoms with van der Waals surface area (Å²) < 4.78 is 5.64. The predicted octanol–water partition coefficient (Wildman–Crippen LogP) is 5.89. The number of hydrogen-bond acceptors (Lipinski definition) is 3. The lowest BCUT2D eigenvalue weighted by Crippen LogP contribution is -1.87. The van der Waals surface area contributed by atoms with Crippen LogP contribution in [0.15, 0.2) is 35.8 Å². The average molecular weight is 346 g/mol. The first-order chi connectivity index (χ1) is 9.63. The molecule has 0 aliphatic rings. The number of aromatic amines is 1. The molecule has 0 spiro atoms. The number of H-pyrrole nitrogens is 1. The zero-order valence-electron chi connectivity index (χ0n) is 9.86. The topological polar surface area (TPSA) is 37.9 Å². The van der Waals surface area contributed by atoms with Gasteiger partial charge in [0.25, 0.3) is 0 Å². The molecule has 0 saturated carbocycles. The average Bonchev–Trinajstić information content (AvgIpc) is 3.04. The van der Waals surface area contributed by atoms with Crippen molar-refractivity contribution in [2.24, 2.45) is 0 Å². The summed E-state index contributed by atoms with van der Waals surface area (Å²) in [6.45, 7) is 0. The lowest BCUT2D eigenvalue weighted by atomic mass is 10.3. The van der Waals surface area contributed by atoms with E-state index in [1.54, 1.807) is 17.5 Å². The fraction of sp³-hybridized carbons (Fsp3) is 0. The molecule has 0 unspecified atom stereocenters. The van der Waals surface area contributed by atoms with Gasteiger partial charge in [0.15, 0.2) is 5.75 Å². The van der Waals surface area contributed by atoms with Crippen LogP contribution in [0.3, 0.4) is 0 Å². The van der Waals surface area contributed by atoms with E-state index < -0.39 is 0 Å². The van der Waals surface area contributed by atoms with E-state index >= 15 is 0 Å². The molecule has 0 amide bonds. The van der Waals surface area contributed by atoms with Gasteiger partial charge in [-0.25, -0.2) is 0 Å². The third kappa shape index (κ3) is 2.79. The molecule has 0 saturated heterocycles. The summed E-state index contributed by atoms with van der Waals surface area (Å²) in [5, 5.41) is 3.76. The van der Waals surface area contributed by atoms with Crippen molar-refractivity contribution in [2.75, 3.05) is 0 Å². The molecular weight excluding hydrogens is 339 g/mol. The zero-order valence-corrected chi connectivity index (χ0v) is 12.9. The van der Waals surface area contributed by atoms with Crippen LogP contribution in [0.1, 0.15) is 0 Å². The second-order valence-electron chi connectivity index (χ2n) is 3.88. The summed E-state index contributed by atoms with van der Waals surface area (Å²) >= 11 is 19.4. The van der Waals surface area contributed by atoms with Gasteiger partial charge in [0.05, 0.1) is 21.1 Å². The number of benzene rings is 1. The van der Waals surface area contributed by atoms with Crippen LogP contribution in [0.5, 0.6) is 11.6 Å². The first-order valence-electron chi connectivity index (χ1n) is 5.55. The summed E-state index contributed by atoms with van der Waals surface area (Å²) in [4.78, 5) is 7.45. The van der Waals surface area contributed by atoms with Crippen molar-refractivity contribution in [1.82, 2.24) is 9.97 Å². The largest absolute Gasteiger partial charge is 0.435 e. The molecule has 20 heavy (non-hydrogen) atoms. The van der Waals surface area contributed by atoms with Crippen molar-refractivity contribution in [1.29, 1.82) is 0 Å². The van der Waals surface area contributed by atoms with Crippen molar-refractivity contribution in [3.63, 3.8) is 0 Å². The molecular formula is C13H7Cl3N2OS. The monoisotopic (exact) mass is 344 g/mol. The van der Waals surface area contributed by atoms with Gasteiger partial charge >= 0.3 is 0 Å². The van der Waals surface area contributed by atoms with E-state index in [4.69, 9.17) is 39.5 Å². The van der Waals surface area contributed by atoms with E-state index in [-0.39, 0.29) is 0 Å². The van der Waals surface area contributed by atoms with Crippen LogP contribution >= 0.6 is 46.1 Å². The maximum absolute atomic E-state index is 6.07. The SMILES string of the molecule is Clc1cc(Cl)c(Oc2csc(-c3ccc[nH]3)n2)c(Cl)c1. The smallest absolute Gasteiger partial charge is 0.230 e. The second-order valence-corrected chi connectivity index (χ2v) is 5.98. The quantitative estimate of drug-likeness (QED) is 0.642. The normalized spacial score (nSPS) is 10.8. The summed E-state index contributed by atoms with van der Waals surface area (Å²) in [7, 11) is 0. The molecule has 0 aliphatic heterocycles. The second kappa shape index (κ2) is 5.66. The van der Waals surface area contributed by atoms with Crippen molar-refractivity contribution >= 4 is 46.1 Å².